The van der Waals surface area contributed by atoms with E-state index in [0.717, 1.165) is 12.8 Å². The van der Waals surface area contributed by atoms with Crippen LogP contribution in [0.25, 0.3) is 0 Å². The van der Waals surface area contributed by atoms with Gasteiger partial charge in [0.05, 0.1) is 6.61 Å². The van der Waals surface area contributed by atoms with Crippen LogP contribution in [0.5, 0.6) is 0 Å². The van der Waals surface area contributed by atoms with E-state index in [1.165, 1.54) is 0 Å². The lowest BCUT2D eigenvalue weighted by Crippen LogP contribution is -2.33. The maximum atomic E-state index is 12.3. The maximum absolute atomic E-state index is 12.3. The van der Waals surface area contributed by atoms with Crippen molar-refractivity contribution in [1.82, 2.24) is 0 Å². The molecule has 1 aliphatic rings. The van der Waals surface area contributed by atoms with Gasteiger partial charge in [-0.2, -0.15) is 8.78 Å². The summed E-state index contributed by atoms with van der Waals surface area (Å²) < 4.78 is 34.1. The molecule has 0 N–H and O–H groups in total. The van der Waals surface area contributed by atoms with Crippen molar-refractivity contribution < 1.29 is 23.0 Å². The monoisotopic (exact) mass is 194 g/mol. The molecule has 1 atom stereocenters. The predicted octanol–water partition coefficient (Wildman–Crippen LogP) is 1.71. The van der Waals surface area contributed by atoms with E-state index >= 15 is 0 Å². The highest BCUT2D eigenvalue weighted by atomic mass is 19.3. The first-order valence-corrected chi connectivity index (χ1v) is 4.20. The molecule has 1 saturated heterocycles. The van der Waals surface area contributed by atoms with Gasteiger partial charge in [-0.15, -0.1) is 0 Å². The Morgan fingerprint density at radius 3 is 2.69 bits per heavy atom. The summed E-state index contributed by atoms with van der Waals surface area (Å²) in [6.45, 7) is 0.978. The molecular weight excluding hydrogens is 182 g/mol. The van der Waals surface area contributed by atoms with Crippen LogP contribution in [0.1, 0.15) is 26.2 Å². The summed E-state index contributed by atoms with van der Waals surface area (Å²) in [7, 11) is 0. The molecule has 0 saturated carbocycles. The molecule has 1 heterocycles. The van der Waals surface area contributed by atoms with Gasteiger partial charge in [-0.25, -0.2) is 4.79 Å². The van der Waals surface area contributed by atoms with Gasteiger partial charge in [-0.1, -0.05) is 0 Å². The van der Waals surface area contributed by atoms with Crippen molar-refractivity contribution in [3.63, 3.8) is 0 Å². The number of halogens is 2. The third-order valence-corrected chi connectivity index (χ3v) is 1.73. The van der Waals surface area contributed by atoms with Crippen molar-refractivity contribution in [3.8, 4) is 0 Å². The number of hydrogen-bond donors (Lipinski definition) is 0. The molecule has 1 rings (SSSR count). The van der Waals surface area contributed by atoms with E-state index in [-0.39, 0.29) is 0 Å². The number of carbonyl (C=O) groups excluding carboxylic acids is 1. The number of esters is 1. The Bertz CT molecular complexity index is 182. The Morgan fingerprint density at radius 2 is 2.23 bits per heavy atom. The second kappa shape index (κ2) is 4.00. The minimum atomic E-state index is -3.43. The smallest absolute Gasteiger partial charge is 0.378 e. The lowest BCUT2D eigenvalue weighted by molar-refractivity contribution is -0.207. The van der Waals surface area contributed by atoms with E-state index in [2.05, 4.69) is 4.74 Å². The number of rotatable bonds is 2. The van der Waals surface area contributed by atoms with Crippen LogP contribution in [0.4, 0.5) is 8.78 Å². The summed E-state index contributed by atoms with van der Waals surface area (Å²) in [5.41, 5.74) is 0. The minimum Gasteiger partial charge on any atom is -0.431 e. The molecule has 1 aliphatic heterocycles. The van der Waals surface area contributed by atoms with Crippen LogP contribution in [0.3, 0.4) is 0 Å². The van der Waals surface area contributed by atoms with Crippen LogP contribution in [0.15, 0.2) is 0 Å². The van der Waals surface area contributed by atoms with Gasteiger partial charge in [0.2, 0.25) is 6.29 Å². The van der Waals surface area contributed by atoms with Crippen LogP contribution in [0.2, 0.25) is 0 Å². The lowest BCUT2D eigenvalue weighted by Gasteiger charge is -2.23. The van der Waals surface area contributed by atoms with Gasteiger partial charge < -0.3 is 9.47 Å². The largest absolute Gasteiger partial charge is 0.431 e. The molecule has 3 nitrogen and oxygen atoms in total. The Labute approximate surface area is 75.0 Å². The molecule has 1 fully saturated rings. The van der Waals surface area contributed by atoms with Crippen molar-refractivity contribution in [2.24, 2.45) is 0 Å². The standard InChI is InChI=1S/C8H12F2O3/c1-8(9,10)7(11)13-6-4-2-3-5-12-6/h6H,2-5H2,1H3. The zero-order valence-corrected chi connectivity index (χ0v) is 7.39. The minimum absolute atomic E-state index is 0.466. The Morgan fingerprint density at radius 1 is 1.54 bits per heavy atom. The molecule has 5 heteroatoms. The summed E-state index contributed by atoms with van der Waals surface area (Å²) in [5.74, 6) is -4.94. The molecule has 0 aliphatic carbocycles. The zero-order valence-electron chi connectivity index (χ0n) is 7.39. The molecule has 0 spiro atoms. The normalized spacial score (nSPS) is 24.1. The number of ether oxygens (including phenoxy) is 2. The number of hydrogen-bond acceptors (Lipinski definition) is 3. The van der Waals surface area contributed by atoms with Gasteiger partial charge >= 0.3 is 11.9 Å². The highest BCUT2D eigenvalue weighted by Gasteiger charge is 2.36. The molecule has 76 valence electrons. The molecule has 0 amide bonds. The fraction of sp³-hybridized carbons (Fsp3) is 0.875. The number of alkyl halides is 2. The fourth-order valence-corrected chi connectivity index (χ4v) is 1.03. The van der Waals surface area contributed by atoms with Crippen LogP contribution in [0, 0.1) is 0 Å². The van der Waals surface area contributed by atoms with E-state index < -0.39 is 18.2 Å². The van der Waals surface area contributed by atoms with Gasteiger partial charge in [-0.05, 0) is 12.8 Å². The van der Waals surface area contributed by atoms with Crippen molar-refractivity contribution in [2.75, 3.05) is 6.61 Å². The van der Waals surface area contributed by atoms with Crippen molar-refractivity contribution in [1.29, 1.82) is 0 Å². The van der Waals surface area contributed by atoms with Crippen molar-refractivity contribution in [3.05, 3.63) is 0 Å². The predicted molar refractivity (Wildman–Crippen MR) is 40.3 cm³/mol. The second-order valence-electron chi connectivity index (χ2n) is 3.09. The van der Waals surface area contributed by atoms with E-state index in [1.807, 2.05) is 0 Å². The van der Waals surface area contributed by atoms with Gasteiger partial charge in [0.15, 0.2) is 0 Å². The average molecular weight is 194 g/mol. The van der Waals surface area contributed by atoms with E-state index in [1.54, 1.807) is 0 Å². The third kappa shape index (κ3) is 3.26. The van der Waals surface area contributed by atoms with Crippen LogP contribution >= 0.6 is 0 Å². The Hall–Kier alpha value is -0.710. The molecule has 1 unspecified atom stereocenters. The summed E-state index contributed by atoms with van der Waals surface area (Å²) in [6, 6.07) is 0. The van der Waals surface area contributed by atoms with Crippen LogP contribution < -0.4 is 0 Å². The maximum Gasteiger partial charge on any atom is 0.378 e. The first kappa shape index (κ1) is 10.4. The summed E-state index contributed by atoms with van der Waals surface area (Å²) in [6.07, 6.45) is 1.44. The molecule has 0 aromatic carbocycles. The summed E-state index contributed by atoms with van der Waals surface area (Å²) >= 11 is 0. The van der Waals surface area contributed by atoms with Gasteiger partial charge in [0, 0.05) is 13.3 Å². The summed E-state index contributed by atoms with van der Waals surface area (Å²) in [4.78, 5) is 10.7. The Kier molecular flexibility index (Phi) is 3.19. The average Bonchev–Trinajstić information content (AvgIpc) is 2.04. The number of carbonyl (C=O) groups is 1. The second-order valence-corrected chi connectivity index (χ2v) is 3.09. The van der Waals surface area contributed by atoms with E-state index in [4.69, 9.17) is 4.74 Å². The first-order valence-electron chi connectivity index (χ1n) is 4.20. The van der Waals surface area contributed by atoms with Gasteiger partial charge in [0.25, 0.3) is 0 Å². The third-order valence-electron chi connectivity index (χ3n) is 1.73. The van der Waals surface area contributed by atoms with Crippen LogP contribution in [-0.2, 0) is 14.3 Å². The van der Waals surface area contributed by atoms with E-state index in [9.17, 15) is 13.6 Å². The molecule has 0 radical (unpaired) electrons. The zero-order chi connectivity index (χ0) is 9.90. The molecule has 0 aromatic rings. The van der Waals surface area contributed by atoms with Crippen molar-refractivity contribution >= 4 is 5.97 Å². The quantitative estimate of drug-likeness (QED) is 0.628. The SMILES string of the molecule is CC(F)(F)C(=O)OC1CCCCO1. The molecule has 13 heavy (non-hydrogen) atoms. The Balaban J connectivity index is 2.35. The fourth-order valence-electron chi connectivity index (χ4n) is 1.03. The highest BCUT2D eigenvalue weighted by molar-refractivity contribution is 5.77. The topological polar surface area (TPSA) is 35.5 Å². The van der Waals surface area contributed by atoms with E-state index in [0.29, 0.717) is 20.0 Å². The molecule has 0 bridgehead atoms. The lowest BCUT2D eigenvalue weighted by atomic mass is 10.2. The molecular formula is C8H12F2O3. The van der Waals surface area contributed by atoms with Crippen molar-refractivity contribution in [2.45, 2.75) is 38.4 Å². The van der Waals surface area contributed by atoms with Gasteiger partial charge in [0.1, 0.15) is 0 Å². The highest BCUT2D eigenvalue weighted by Crippen LogP contribution is 2.19. The van der Waals surface area contributed by atoms with Gasteiger partial charge in [-0.3, -0.25) is 0 Å². The summed E-state index contributed by atoms with van der Waals surface area (Å²) in [5, 5.41) is 0. The van der Waals surface area contributed by atoms with Crippen LogP contribution in [-0.4, -0.2) is 24.8 Å². The molecule has 0 aromatic heterocycles. The first-order chi connectivity index (χ1) is 6.00.